The van der Waals surface area contributed by atoms with Gasteiger partial charge in [0.1, 0.15) is 11.8 Å². The molecule has 0 spiro atoms. The second-order valence-corrected chi connectivity index (χ2v) is 7.49. The summed E-state index contributed by atoms with van der Waals surface area (Å²) in [7, 11) is 1.69. The van der Waals surface area contributed by atoms with E-state index in [0.717, 1.165) is 17.1 Å². The van der Waals surface area contributed by atoms with Crippen molar-refractivity contribution in [2.45, 2.75) is 32.0 Å². The summed E-state index contributed by atoms with van der Waals surface area (Å²) in [6.45, 7) is 4.38. The highest BCUT2D eigenvalue weighted by Gasteiger charge is 2.43. The minimum atomic E-state index is -0.0639. The molecular formula is C22H24N4OS. The molecule has 0 unspecified atom stereocenters. The van der Waals surface area contributed by atoms with Gasteiger partial charge in [0.2, 0.25) is 0 Å². The number of pyridine rings is 1. The quantitative estimate of drug-likeness (QED) is 0.640. The van der Waals surface area contributed by atoms with Gasteiger partial charge < -0.3 is 19.5 Å². The highest BCUT2D eigenvalue weighted by molar-refractivity contribution is 7.80. The second kappa shape index (κ2) is 7.64. The molecule has 0 aliphatic carbocycles. The molecule has 1 aliphatic heterocycles. The smallest absolute Gasteiger partial charge is 0.174 e. The van der Waals surface area contributed by atoms with Crippen molar-refractivity contribution in [1.29, 1.82) is 0 Å². The van der Waals surface area contributed by atoms with Gasteiger partial charge in [-0.05, 0) is 62.5 Å². The lowest BCUT2D eigenvalue weighted by Gasteiger charge is -2.30. The lowest BCUT2D eigenvalue weighted by atomic mass is 10.0. The summed E-state index contributed by atoms with van der Waals surface area (Å²) in [5.41, 5.74) is 3.09. The zero-order valence-electron chi connectivity index (χ0n) is 16.2. The fourth-order valence-corrected chi connectivity index (χ4v) is 4.21. The van der Waals surface area contributed by atoms with E-state index in [-0.39, 0.29) is 12.1 Å². The van der Waals surface area contributed by atoms with E-state index in [4.69, 9.17) is 17.0 Å². The maximum atomic E-state index is 5.79. The molecule has 4 rings (SSSR count). The number of rotatable bonds is 5. The van der Waals surface area contributed by atoms with Crippen molar-refractivity contribution in [3.05, 3.63) is 78.4 Å². The van der Waals surface area contributed by atoms with Crippen molar-refractivity contribution in [2.75, 3.05) is 12.0 Å². The minimum absolute atomic E-state index is 0.0453. The molecule has 0 bridgehead atoms. The van der Waals surface area contributed by atoms with E-state index in [9.17, 15) is 0 Å². The molecule has 3 aromatic rings. The first-order valence-electron chi connectivity index (χ1n) is 9.42. The van der Waals surface area contributed by atoms with Crippen molar-refractivity contribution in [3.63, 3.8) is 0 Å². The Morgan fingerprint density at radius 3 is 2.57 bits per heavy atom. The van der Waals surface area contributed by atoms with Crippen LogP contribution < -0.4 is 15.0 Å². The Labute approximate surface area is 171 Å². The zero-order chi connectivity index (χ0) is 19.7. The number of benzene rings is 1. The first-order chi connectivity index (χ1) is 13.6. The Morgan fingerprint density at radius 1 is 1.07 bits per heavy atom. The molecule has 0 saturated carbocycles. The van der Waals surface area contributed by atoms with Gasteiger partial charge in [-0.15, -0.1) is 0 Å². The summed E-state index contributed by atoms with van der Waals surface area (Å²) in [4.78, 5) is 6.77. The molecule has 5 nitrogen and oxygen atoms in total. The maximum absolute atomic E-state index is 5.79. The maximum Gasteiger partial charge on any atom is 0.174 e. The Balaban J connectivity index is 1.89. The number of aromatic nitrogens is 2. The van der Waals surface area contributed by atoms with Crippen LogP contribution in [0.4, 0.5) is 5.69 Å². The number of nitrogens with zero attached hydrogens (tertiary/aromatic N) is 3. The highest BCUT2D eigenvalue weighted by Crippen LogP contribution is 2.44. The molecule has 1 fully saturated rings. The molecule has 2 atom stereocenters. The summed E-state index contributed by atoms with van der Waals surface area (Å²) < 4.78 is 7.93. The predicted octanol–water partition coefficient (Wildman–Crippen LogP) is 4.65. The fraction of sp³-hybridized carbons (Fsp3) is 0.273. The molecule has 1 N–H and O–H groups in total. The van der Waals surface area contributed by atoms with E-state index < -0.39 is 0 Å². The lowest BCUT2D eigenvalue weighted by molar-refractivity contribution is 0.413. The Morgan fingerprint density at radius 2 is 1.86 bits per heavy atom. The first kappa shape index (κ1) is 18.5. The van der Waals surface area contributed by atoms with Gasteiger partial charge in [0, 0.05) is 24.1 Å². The summed E-state index contributed by atoms with van der Waals surface area (Å²) in [5, 5.41) is 4.17. The topological polar surface area (TPSA) is 42.3 Å². The summed E-state index contributed by atoms with van der Waals surface area (Å²) >= 11 is 5.79. The van der Waals surface area contributed by atoms with Crippen molar-refractivity contribution < 1.29 is 4.74 Å². The number of hydrogen-bond acceptors (Lipinski definition) is 3. The number of hydrogen-bond donors (Lipinski definition) is 1. The SMILES string of the molecule is COc1ccccc1N1C(=S)N[C@@H](c2ccccn2)[C@H]1c1cccn1C(C)C. The van der Waals surface area contributed by atoms with Crippen LogP contribution in [0.3, 0.4) is 0 Å². The molecule has 1 saturated heterocycles. The van der Waals surface area contributed by atoms with Crippen molar-refractivity contribution in [1.82, 2.24) is 14.9 Å². The van der Waals surface area contributed by atoms with Crippen LogP contribution >= 0.6 is 12.2 Å². The molecular weight excluding hydrogens is 368 g/mol. The number of thiocarbonyl (C=S) groups is 1. The summed E-state index contributed by atoms with van der Waals surface area (Å²) in [6, 6.07) is 18.5. The van der Waals surface area contributed by atoms with E-state index in [0.29, 0.717) is 11.2 Å². The minimum Gasteiger partial charge on any atom is -0.495 e. The van der Waals surface area contributed by atoms with Gasteiger partial charge in [0.15, 0.2) is 5.11 Å². The van der Waals surface area contributed by atoms with Crippen LogP contribution in [0, 0.1) is 0 Å². The monoisotopic (exact) mass is 392 g/mol. The molecule has 0 amide bonds. The van der Waals surface area contributed by atoms with E-state index in [1.807, 2.05) is 48.7 Å². The Kier molecular flexibility index (Phi) is 5.05. The van der Waals surface area contributed by atoms with Crippen LogP contribution in [0.15, 0.2) is 67.0 Å². The standard InChI is InChI=1S/C22H24N4OS/c1-15(2)25-14-8-11-18(25)21-20(16-9-6-7-13-23-16)24-22(28)26(21)17-10-4-5-12-19(17)27-3/h4-15,20-21H,1-3H3,(H,24,28)/t20-,21+/m0/s1. The first-order valence-corrected chi connectivity index (χ1v) is 9.83. The third-order valence-corrected chi connectivity index (χ3v) is 5.43. The van der Waals surface area contributed by atoms with Gasteiger partial charge in [0.25, 0.3) is 0 Å². The van der Waals surface area contributed by atoms with Crippen LogP contribution in [0.5, 0.6) is 5.75 Å². The number of anilines is 1. The average Bonchev–Trinajstić information content (AvgIpc) is 3.33. The van der Waals surface area contributed by atoms with Gasteiger partial charge in [-0.3, -0.25) is 4.98 Å². The predicted molar refractivity (Wildman–Crippen MR) is 116 cm³/mol. The highest BCUT2D eigenvalue weighted by atomic mass is 32.1. The largest absolute Gasteiger partial charge is 0.495 e. The second-order valence-electron chi connectivity index (χ2n) is 7.10. The van der Waals surface area contributed by atoms with Gasteiger partial charge >= 0.3 is 0 Å². The Hall–Kier alpha value is -2.86. The van der Waals surface area contributed by atoms with Crippen LogP contribution in [0.25, 0.3) is 0 Å². The van der Waals surface area contributed by atoms with Crippen molar-refractivity contribution in [2.24, 2.45) is 0 Å². The molecule has 2 aromatic heterocycles. The number of methoxy groups -OCH3 is 1. The van der Waals surface area contributed by atoms with E-state index in [1.54, 1.807) is 7.11 Å². The van der Waals surface area contributed by atoms with Gasteiger partial charge in [-0.25, -0.2) is 0 Å². The van der Waals surface area contributed by atoms with Crippen molar-refractivity contribution in [3.8, 4) is 5.75 Å². The van der Waals surface area contributed by atoms with Crippen LogP contribution in [0.2, 0.25) is 0 Å². The third kappa shape index (κ3) is 3.14. The normalized spacial score (nSPS) is 19.1. The zero-order valence-corrected chi connectivity index (χ0v) is 17.1. The van der Waals surface area contributed by atoms with Gasteiger partial charge in [-0.1, -0.05) is 18.2 Å². The van der Waals surface area contributed by atoms with Gasteiger partial charge in [0.05, 0.1) is 24.5 Å². The fourth-order valence-electron chi connectivity index (χ4n) is 3.87. The molecule has 1 aliphatic rings. The van der Waals surface area contributed by atoms with Crippen LogP contribution in [-0.4, -0.2) is 21.8 Å². The van der Waals surface area contributed by atoms with E-state index in [2.05, 4.69) is 51.9 Å². The van der Waals surface area contributed by atoms with Gasteiger partial charge in [-0.2, -0.15) is 0 Å². The van der Waals surface area contributed by atoms with Crippen LogP contribution in [-0.2, 0) is 0 Å². The van der Waals surface area contributed by atoms with E-state index >= 15 is 0 Å². The number of para-hydroxylation sites is 2. The molecule has 1 aromatic carbocycles. The molecule has 28 heavy (non-hydrogen) atoms. The number of nitrogens with one attached hydrogen (secondary N) is 1. The molecule has 0 radical (unpaired) electrons. The molecule has 144 valence electrons. The third-order valence-electron chi connectivity index (χ3n) is 5.11. The van der Waals surface area contributed by atoms with Crippen molar-refractivity contribution >= 4 is 23.0 Å². The summed E-state index contributed by atoms with van der Waals surface area (Å²) in [6.07, 6.45) is 3.95. The molecule has 6 heteroatoms. The van der Waals surface area contributed by atoms with Crippen LogP contribution in [0.1, 0.15) is 43.4 Å². The number of ether oxygens (including phenoxy) is 1. The van der Waals surface area contributed by atoms with E-state index in [1.165, 1.54) is 5.69 Å². The molecule has 3 heterocycles. The average molecular weight is 393 g/mol. The Bertz CT molecular complexity index is 969. The lowest BCUT2D eigenvalue weighted by Crippen LogP contribution is -2.31. The summed E-state index contributed by atoms with van der Waals surface area (Å²) in [5.74, 6) is 0.793.